The number of rotatable bonds is 2. The standard InChI is InChI=1S/C18H15ClN2O/c1-10-7-11(2)17-13(8-10)14(18(20)22)9-16(21-17)12-5-3-4-6-15(12)19/h3-9H,1-2H3,(H2,20,22). The molecule has 0 aliphatic heterocycles. The molecule has 1 heterocycles. The number of aryl methyl sites for hydroxylation is 2. The van der Waals surface area contributed by atoms with Crippen molar-refractivity contribution in [2.75, 3.05) is 0 Å². The molecule has 0 aliphatic rings. The molecule has 0 spiro atoms. The van der Waals surface area contributed by atoms with Gasteiger partial charge >= 0.3 is 0 Å². The molecule has 0 unspecified atom stereocenters. The number of carbonyl (C=O) groups excluding carboxylic acids is 1. The average Bonchev–Trinajstić information content (AvgIpc) is 2.46. The zero-order valence-corrected chi connectivity index (χ0v) is 13.1. The molecular weight excluding hydrogens is 296 g/mol. The molecule has 0 bridgehead atoms. The van der Waals surface area contributed by atoms with Crippen molar-refractivity contribution in [2.24, 2.45) is 5.73 Å². The molecule has 0 fully saturated rings. The van der Waals surface area contributed by atoms with Crippen LogP contribution in [0.25, 0.3) is 22.2 Å². The van der Waals surface area contributed by atoms with Crippen LogP contribution in [-0.2, 0) is 0 Å². The summed E-state index contributed by atoms with van der Waals surface area (Å²) in [5.41, 5.74) is 10.3. The molecule has 1 amide bonds. The van der Waals surface area contributed by atoms with Crippen LogP contribution in [0.5, 0.6) is 0 Å². The lowest BCUT2D eigenvalue weighted by molar-refractivity contribution is 0.100. The van der Waals surface area contributed by atoms with E-state index in [1.165, 1.54) is 0 Å². The second-order valence-electron chi connectivity index (χ2n) is 5.38. The molecule has 3 aromatic rings. The van der Waals surface area contributed by atoms with E-state index in [0.717, 1.165) is 27.6 Å². The molecule has 0 saturated heterocycles. The number of amides is 1. The zero-order valence-electron chi connectivity index (χ0n) is 12.4. The Balaban J connectivity index is 2.40. The Morgan fingerprint density at radius 3 is 2.55 bits per heavy atom. The minimum Gasteiger partial charge on any atom is -0.366 e. The van der Waals surface area contributed by atoms with Gasteiger partial charge in [0.25, 0.3) is 0 Å². The minimum atomic E-state index is -0.467. The number of hydrogen-bond acceptors (Lipinski definition) is 2. The Morgan fingerprint density at radius 1 is 1.14 bits per heavy atom. The summed E-state index contributed by atoms with van der Waals surface area (Å²) in [7, 11) is 0. The van der Waals surface area contributed by atoms with Crippen molar-refractivity contribution >= 4 is 28.4 Å². The molecule has 0 saturated carbocycles. The second kappa shape index (κ2) is 5.43. The highest BCUT2D eigenvalue weighted by atomic mass is 35.5. The van der Waals surface area contributed by atoms with Gasteiger partial charge in [-0.2, -0.15) is 0 Å². The van der Waals surface area contributed by atoms with Crippen LogP contribution in [-0.4, -0.2) is 10.9 Å². The van der Waals surface area contributed by atoms with Crippen LogP contribution in [0.2, 0.25) is 5.02 Å². The van der Waals surface area contributed by atoms with E-state index in [4.69, 9.17) is 22.3 Å². The third-order valence-corrected chi connectivity index (χ3v) is 3.99. The summed E-state index contributed by atoms with van der Waals surface area (Å²) >= 11 is 6.25. The predicted molar refractivity (Wildman–Crippen MR) is 90.2 cm³/mol. The first-order valence-electron chi connectivity index (χ1n) is 6.94. The fourth-order valence-electron chi connectivity index (χ4n) is 2.69. The first-order chi connectivity index (χ1) is 10.5. The largest absolute Gasteiger partial charge is 0.366 e. The Kier molecular flexibility index (Phi) is 3.59. The maximum Gasteiger partial charge on any atom is 0.249 e. The van der Waals surface area contributed by atoms with E-state index < -0.39 is 5.91 Å². The molecule has 1 aromatic heterocycles. The van der Waals surface area contributed by atoms with Crippen LogP contribution in [0.1, 0.15) is 21.5 Å². The Labute approximate surface area is 133 Å². The molecule has 2 aromatic carbocycles. The summed E-state index contributed by atoms with van der Waals surface area (Å²) in [4.78, 5) is 16.6. The molecule has 22 heavy (non-hydrogen) atoms. The van der Waals surface area contributed by atoms with Gasteiger partial charge in [0.2, 0.25) is 5.91 Å². The van der Waals surface area contributed by atoms with Crippen LogP contribution >= 0.6 is 11.6 Å². The molecular formula is C18H15ClN2O. The van der Waals surface area contributed by atoms with Crippen molar-refractivity contribution < 1.29 is 4.79 Å². The maximum atomic E-state index is 11.9. The lowest BCUT2D eigenvalue weighted by atomic mass is 9.99. The van der Waals surface area contributed by atoms with Gasteiger partial charge in [0.05, 0.1) is 16.8 Å². The van der Waals surface area contributed by atoms with Gasteiger partial charge in [-0.1, -0.05) is 41.4 Å². The van der Waals surface area contributed by atoms with Gasteiger partial charge in [-0.25, -0.2) is 4.98 Å². The third-order valence-electron chi connectivity index (χ3n) is 3.66. The van der Waals surface area contributed by atoms with Crippen LogP contribution in [0.15, 0.2) is 42.5 Å². The van der Waals surface area contributed by atoms with Crippen LogP contribution in [0, 0.1) is 13.8 Å². The molecule has 110 valence electrons. The molecule has 0 radical (unpaired) electrons. The van der Waals surface area contributed by atoms with Crippen molar-refractivity contribution in [1.29, 1.82) is 0 Å². The van der Waals surface area contributed by atoms with E-state index >= 15 is 0 Å². The van der Waals surface area contributed by atoms with Gasteiger partial charge in [0.15, 0.2) is 0 Å². The fourth-order valence-corrected chi connectivity index (χ4v) is 2.92. The lowest BCUT2D eigenvalue weighted by Crippen LogP contribution is -2.12. The van der Waals surface area contributed by atoms with Gasteiger partial charge in [0, 0.05) is 16.0 Å². The number of fused-ring (bicyclic) bond motifs is 1. The Bertz CT molecular complexity index is 903. The van der Waals surface area contributed by atoms with E-state index in [1.54, 1.807) is 12.1 Å². The van der Waals surface area contributed by atoms with Gasteiger partial charge in [0.1, 0.15) is 0 Å². The highest BCUT2D eigenvalue weighted by Crippen LogP contribution is 2.31. The van der Waals surface area contributed by atoms with Crippen molar-refractivity contribution in [3.8, 4) is 11.3 Å². The zero-order chi connectivity index (χ0) is 15.9. The van der Waals surface area contributed by atoms with Crippen LogP contribution in [0.3, 0.4) is 0 Å². The summed E-state index contributed by atoms with van der Waals surface area (Å²) < 4.78 is 0. The van der Waals surface area contributed by atoms with Gasteiger partial charge in [-0.15, -0.1) is 0 Å². The van der Waals surface area contributed by atoms with Crippen molar-refractivity contribution in [3.05, 3.63) is 64.2 Å². The molecule has 2 N–H and O–H groups in total. The smallest absolute Gasteiger partial charge is 0.249 e. The maximum absolute atomic E-state index is 11.9. The molecule has 0 aliphatic carbocycles. The number of aromatic nitrogens is 1. The number of pyridine rings is 1. The fraction of sp³-hybridized carbons (Fsp3) is 0.111. The highest BCUT2D eigenvalue weighted by molar-refractivity contribution is 6.33. The average molecular weight is 311 g/mol. The minimum absolute atomic E-state index is 0.465. The summed E-state index contributed by atoms with van der Waals surface area (Å²) in [6.45, 7) is 3.96. The molecule has 0 atom stereocenters. The molecule has 3 rings (SSSR count). The van der Waals surface area contributed by atoms with E-state index in [1.807, 2.05) is 44.2 Å². The topological polar surface area (TPSA) is 56.0 Å². The van der Waals surface area contributed by atoms with Gasteiger partial charge in [-0.3, -0.25) is 4.79 Å². The predicted octanol–water partition coefficient (Wildman–Crippen LogP) is 4.27. The summed E-state index contributed by atoms with van der Waals surface area (Å²) in [5.74, 6) is -0.467. The number of primary amides is 1. The summed E-state index contributed by atoms with van der Waals surface area (Å²) in [5, 5.41) is 1.37. The number of hydrogen-bond donors (Lipinski definition) is 1. The van der Waals surface area contributed by atoms with E-state index in [9.17, 15) is 4.79 Å². The van der Waals surface area contributed by atoms with Crippen molar-refractivity contribution in [1.82, 2.24) is 4.98 Å². The number of nitrogens with two attached hydrogens (primary N) is 1. The highest BCUT2D eigenvalue weighted by Gasteiger charge is 2.14. The summed E-state index contributed by atoms with van der Waals surface area (Å²) in [6.07, 6.45) is 0. The summed E-state index contributed by atoms with van der Waals surface area (Å²) in [6, 6.07) is 13.1. The number of nitrogens with zero attached hydrogens (tertiary/aromatic N) is 1. The first-order valence-corrected chi connectivity index (χ1v) is 7.32. The van der Waals surface area contributed by atoms with E-state index in [-0.39, 0.29) is 0 Å². The van der Waals surface area contributed by atoms with Crippen molar-refractivity contribution in [3.63, 3.8) is 0 Å². The quantitative estimate of drug-likeness (QED) is 0.768. The molecule has 4 heteroatoms. The monoisotopic (exact) mass is 310 g/mol. The van der Waals surface area contributed by atoms with E-state index in [0.29, 0.717) is 16.3 Å². The SMILES string of the molecule is Cc1cc(C)c2nc(-c3ccccc3Cl)cc(C(N)=O)c2c1. The van der Waals surface area contributed by atoms with Gasteiger partial charge in [-0.05, 0) is 37.6 Å². The number of carbonyl (C=O) groups is 1. The lowest BCUT2D eigenvalue weighted by Gasteiger charge is -2.11. The molecule has 3 nitrogen and oxygen atoms in total. The number of benzene rings is 2. The van der Waals surface area contributed by atoms with E-state index in [2.05, 4.69) is 0 Å². The van der Waals surface area contributed by atoms with Crippen LogP contribution < -0.4 is 5.73 Å². The van der Waals surface area contributed by atoms with Gasteiger partial charge < -0.3 is 5.73 Å². The normalized spacial score (nSPS) is 10.9. The third kappa shape index (κ3) is 2.44. The second-order valence-corrected chi connectivity index (χ2v) is 5.78. The Morgan fingerprint density at radius 2 is 1.86 bits per heavy atom. The van der Waals surface area contributed by atoms with Crippen LogP contribution in [0.4, 0.5) is 0 Å². The number of halogens is 1. The first kappa shape index (κ1) is 14.5. The van der Waals surface area contributed by atoms with Crippen molar-refractivity contribution in [2.45, 2.75) is 13.8 Å². The Hall–Kier alpha value is -2.39.